The summed E-state index contributed by atoms with van der Waals surface area (Å²) in [5.41, 5.74) is 4.57. The highest BCUT2D eigenvalue weighted by Gasteiger charge is 2.14. The largest absolute Gasteiger partial charge is 0.352 e. The van der Waals surface area contributed by atoms with E-state index in [-0.39, 0.29) is 6.04 Å². The summed E-state index contributed by atoms with van der Waals surface area (Å²) in [6.45, 7) is 2.07. The van der Waals surface area contributed by atoms with Crippen LogP contribution in [0.25, 0.3) is 0 Å². The molecule has 0 saturated heterocycles. The molecule has 3 aromatic rings. The summed E-state index contributed by atoms with van der Waals surface area (Å²) in [5.74, 6) is 0. The van der Waals surface area contributed by atoms with Crippen LogP contribution in [0.15, 0.2) is 84.9 Å². The Kier molecular flexibility index (Phi) is 5.24. The number of thiocarbonyl (C=S) groups is 1. The quantitative estimate of drug-likeness (QED) is 0.652. The third-order valence-corrected chi connectivity index (χ3v) is 4.07. The highest BCUT2D eigenvalue weighted by molar-refractivity contribution is 7.80. The molecule has 0 aliphatic heterocycles. The molecule has 0 bridgehead atoms. The molecule has 0 aromatic heterocycles. The molecule has 0 aliphatic rings. The van der Waals surface area contributed by atoms with E-state index in [2.05, 4.69) is 54.0 Å². The third kappa shape index (κ3) is 4.21. The maximum Gasteiger partial charge on any atom is 0.171 e. The van der Waals surface area contributed by atoms with E-state index in [0.29, 0.717) is 5.11 Å². The summed E-state index contributed by atoms with van der Waals surface area (Å²) in [4.78, 5) is 0. The Hall–Kier alpha value is -2.65. The minimum absolute atomic E-state index is 0.0119. The Morgan fingerprint density at radius 2 is 1.25 bits per heavy atom. The molecule has 0 aliphatic carbocycles. The van der Waals surface area contributed by atoms with E-state index in [0.717, 1.165) is 5.69 Å². The van der Waals surface area contributed by atoms with Crippen LogP contribution in [0.3, 0.4) is 0 Å². The Labute approximate surface area is 148 Å². The zero-order chi connectivity index (χ0) is 16.8. The number of hydrogen-bond donors (Lipinski definition) is 2. The van der Waals surface area contributed by atoms with Gasteiger partial charge in [-0.25, -0.2) is 0 Å². The summed E-state index contributed by atoms with van der Waals surface area (Å²) in [7, 11) is 0. The molecule has 0 radical (unpaired) electrons. The summed E-state index contributed by atoms with van der Waals surface area (Å²) < 4.78 is 0. The monoisotopic (exact) mass is 332 g/mol. The van der Waals surface area contributed by atoms with Crippen LogP contribution >= 0.6 is 12.2 Å². The number of hydrogen-bond acceptors (Lipinski definition) is 1. The van der Waals surface area contributed by atoms with Crippen molar-refractivity contribution in [1.82, 2.24) is 5.32 Å². The van der Waals surface area contributed by atoms with E-state index in [1.54, 1.807) is 0 Å². The lowest BCUT2D eigenvalue weighted by Gasteiger charge is -2.22. The molecule has 3 rings (SSSR count). The lowest BCUT2D eigenvalue weighted by atomic mass is 9.99. The van der Waals surface area contributed by atoms with Crippen molar-refractivity contribution >= 4 is 23.0 Å². The van der Waals surface area contributed by atoms with E-state index < -0.39 is 0 Å². The Bertz CT molecular complexity index is 744. The minimum atomic E-state index is 0.0119. The number of rotatable bonds is 4. The van der Waals surface area contributed by atoms with E-state index in [1.807, 2.05) is 48.5 Å². The van der Waals surface area contributed by atoms with Crippen molar-refractivity contribution in [2.75, 3.05) is 5.32 Å². The second kappa shape index (κ2) is 7.75. The lowest BCUT2D eigenvalue weighted by molar-refractivity contribution is 0.769. The molecule has 0 heterocycles. The van der Waals surface area contributed by atoms with Gasteiger partial charge in [-0.05, 0) is 42.4 Å². The molecule has 3 aromatic carbocycles. The first-order chi connectivity index (χ1) is 11.7. The summed E-state index contributed by atoms with van der Waals surface area (Å²) in [6.07, 6.45) is 0. The van der Waals surface area contributed by atoms with Crippen LogP contribution in [0.2, 0.25) is 0 Å². The second-order valence-electron chi connectivity index (χ2n) is 5.72. The predicted molar refractivity (Wildman–Crippen MR) is 105 cm³/mol. The average molecular weight is 332 g/mol. The molecule has 0 spiro atoms. The fraction of sp³-hybridized carbons (Fsp3) is 0.0952. The van der Waals surface area contributed by atoms with Crippen molar-refractivity contribution in [2.24, 2.45) is 0 Å². The third-order valence-electron chi connectivity index (χ3n) is 3.85. The maximum absolute atomic E-state index is 5.52. The summed E-state index contributed by atoms with van der Waals surface area (Å²) >= 11 is 5.52. The summed E-state index contributed by atoms with van der Waals surface area (Å²) in [5, 5.41) is 7.30. The molecule has 2 N–H and O–H groups in total. The molecule has 120 valence electrons. The van der Waals surface area contributed by atoms with Gasteiger partial charge in [-0.15, -0.1) is 0 Å². The molecule has 2 nitrogen and oxygen atoms in total. The first-order valence-electron chi connectivity index (χ1n) is 7.96. The summed E-state index contributed by atoms with van der Waals surface area (Å²) in [6, 6.07) is 28.9. The van der Waals surface area contributed by atoms with Crippen molar-refractivity contribution < 1.29 is 0 Å². The number of anilines is 1. The van der Waals surface area contributed by atoms with E-state index in [4.69, 9.17) is 12.2 Å². The minimum Gasteiger partial charge on any atom is -0.352 e. The van der Waals surface area contributed by atoms with Crippen LogP contribution in [0, 0.1) is 6.92 Å². The van der Waals surface area contributed by atoms with Crippen molar-refractivity contribution in [1.29, 1.82) is 0 Å². The Morgan fingerprint density at radius 1 is 0.750 bits per heavy atom. The Balaban J connectivity index is 1.79. The van der Waals surface area contributed by atoms with Crippen LogP contribution in [-0.4, -0.2) is 5.11 Å². The van der Waals surface area contributed by atoms with Crippen LogP contribution < -0.4 is 10.6 Å². The lowest BCUT2D eigenvalue weighted by Crippen LogP contribution is -2.32. The number of aryl methyl sites for hydroxylation is 1. The van der Waals surface area contributed by atoms with Gasteiger partial charge < -0.3 is 10.6 Å². The smallest absolute Gasteiger partial charge is 0.171 e. The first-order valence-corrected chi connectivity index (χ1v) is 8.37. The van der Waals surface area contributed by atoms with Gasteiger partial charge in [0.25, 0.3) is 0 Å². The normalized spacial score (nSPS) is 10.4. The molecular formula is C21H20N2S. The second-order valence-corrected chi connectivity index (χ2v) is 6.13. The Morgan fingerprint density at radius 3 is 1.75 bits per heavy atom. The van der Waals surface area contributed by atoms with Gasteiger partial charge in [0.05, 0.1) is 6.04 Å². The topological polar surface area (TPSA) is 24.1 Å². The van der Waals surface area contributed by atoms with Gasteiger partial charge in [-0.3, -0.25) is 0 Å². The highest BCUT2D eigenvalue weighted by Crippen LogP contribution is 2.22. The van der Waals surface area contributed by atoms with Crippen LogP contribution in [0.5, 0.6) is 0 Å². The molecule has 0 amide bonds. The molecular weight excluding hydrogens is 312 g/mol. The van der Waals surface area contributed by atoms with Gasteiger partial charge in [0.2, 0.25) is 0 Å². The molecule has 0 fully saturated rings. The van der Waals surface area contributed by atoms with Crippen molar-refractivity contribution in [3.05, 3.63) is 102 Å². The van der Waals surface area contributed by atoms with Gasteiger partial charge >= 0.3 is 0 Å². The van der Waals surface area contributed by atoms with Crippen LogP contribution in [0.4, 0.5) is 5.69 Å². The van der Waals surface area contributed by atoms with Gasteiger partial charge in [0.15, 0.2) is 5.11 Å². The van der Waals surface area contributed by atoms with Gasteiger partial charge in [-0.2, -0.15) is 0 Å². The molecule has 3 heteroatoms. The van der Waals surface area contributed by atoms with E-state index in [1.165, 1.54) is 16.7 Å². The van der Waals surface area contributed by atoms with Crippen LogP contribution in [-0.2, 0) is 0 Å². The van der Waals surface area contributed by atoms with E-state index in [9.17, 15) is 0 Å². The van der Waals surface area contributed by atoms with Gasteiger partial charge in [0, 0.05) is 5.69 Å². The molecule has 0 saturated carbocycles. The SMILES string of the molecule is Cc1ccc(NC(=S)NC(c2ccccc2)c2ccccc2)cc1. The number of benzene rings is 3. The average Bonchev–Trinajstić information content (AvgIpc) is 2.63. The van der Waals surface area contributed by atoms with E-state index >= 15 is 0 Å². The van der Waals surface area contributed by atoms with Crippen LogP contribution in [0.1, 0.15) is 22.7 Å². The zero-order valence-electron chi connectivity index (χ0n) is 13.6. The van der Waals surface area contributed by atoms with Gasteiger partial charge in [-0.1, -0.05) is 78.4 Å². The number of nitrogens with one attached hydrogen (secondary N) is 2. The maximum atomic E-state index is 5.52. The molecule has 0 unspecified atom stereocenters. The standard InChI is InChI=1S/C21H20N2S/c1-16-12-14-19(15-13-16)22-21(24)23-20(17-8-4-2-5-9-17)18-10-6-3-7-11-18/h2-15,20H,1H3,(H2,22,23,24). The fourth-order valence-corrected chi connectivity index (χ4v) is 2.82. The molecule has 0 atom stereocenters. The zero-order valence-corrected chi connectivity index (χ0v) is 14.4. The van der Waals surface area contributed by atoms with Crippen molar-refractivity contribution in [2.45, 2.75) is 13.0 Å². The van der Waals surface area contributed by atoms with Crippen molar-refractivity contribution in [3.63, 3.8) is 0 Å². The van der Waals surface area contributed by atoms with Crippen molar-refractivity contribution in [3.8, 4) is 0 Å². The fourth-order valence-electron chi connectivity index (χ4n) is 2.59. The molecule has 24 heavy (non-hydrogen) atoms. The predicted octanol–water partition coefficient (Wildman–Crippen LogP) is 5.07. The van der Waals surface area contributed by atoms with Gasteiger partial charge in [0.1, 0.15) is 0 Å². The first kappa shape index (κ1) is 16.2. The highest BCUT2D eigenvalue weighted by atomic mass is 32.1.